The highest BCUT2D eigenvalue weighted by atomic mass is 32.2. The van der Waals surface area contributed by atoms with Gasteiger partial charge in [-0.1, -0.05) is 17.7 Å². The largest absolute Gasteiger partial charge is 0.468 e. The number of hydrogen-bond donors (Lipinski definition) is 1. The lowest BCUT2D eigenvalue weighted by atomic mass is 9.98. The smallest absolute Gasteiger partial charge is 0.422 e. The second kappa shape index (κ2) is 9.86. The Bertz CT molecular complexity index is 1030. The van der Waals surface area contributed by atoms with Gasteiger partial charge in [0.2, 0.25) is 15.9 Å². The number of aryl methyl sites for hydroxylation is 1. The Hall–Kier alpha value is -2.66. The third-order valence-corrected chi connectivity index (χ3v) is 6.51. The number of nitrogens with zero attached hydrogens (tertiary/aromatic N) is 2. The van der Waals surface area contributed by atoms with Crippen LogP contribution >= 0.6 is 0 Å². The fourth-order valence-electron chi connectivity index (χ4n) is 3.37. The number of carbonyl (C=O) groups excluding carboxylic acids is 1. The average Bonchev–Trinajstić information content (AvgIpc) is 2.76. The molecule has 1 N–H and O–H groups in total. The molecule has 2 aromatic rings. The van der Waals surface area contributed by atoms with E-state index in [1.807, 2.05) is 6.92 Å². The number of rotatable bonds is 7. The topological polar surface area (TPSA) is 88.6 Å². The maximum atomic E-state index is 12.8. The summed E-state index contributed by atoms with van der Waals surface area (Å²) < 4.78 is 68.8. The molecule has 1 unspecified atom stereocenters. The maximum absolute atomic E-state index is 12.8. The third kappa shape index (κ3) is 6.67. The van der Waals surface area contributed by atoms with Crippen LogP contribution in [0.1, 0.15) is 28.8 Å². The fraction of sp³-hybridized carbons (Fsp3) is 0.429. The summed E-state index contributed by atoms with van der Waals surface area (Å²) >= 11 is 0. The molecule has 3 rings (SSSR count). The number of aromatic nitrogens is 1. The molecule has 174 valence electrons. The van der Waals surface area contributed by atoms with Crippen LogP contribution in [0.25, 0.3) is 0 Å². The lowest BCUT2D eigenvalue weighted by molar-refractivity contribution is -0.154. The third-order valence-electron chi connectivity index (χ3n) is 5.07. The van der Waals surface area contributed by atoms with Crippen LogP contribution in [-0.2, 0) is 10.0 Å². The monoisotopic (exact) mass is 471 g/mol. The number of hydrogen-bond acceptors (Lipinski definition) is 5. The van der Waals surface area contributed by atoms with Gasteiger partial charge >= 0.3 is 6.18 Å². The van der Waals surface area contributed by atoms with Crippen LogP contribution < -0.4 is 9.46 Å². The summed E-state index contributed by atoms with van der Waals surface area (Å²) in [4.78, 5) is 18.3. The number of piperidine rings is 1. The van der Waals surface area contributed by atoms with Gasteiger partial charge in [0, 0.05) is 31.9 Å². The molecular weight excluding hydrogens is 447 g/mol. The molecule has 1 amide bonds. The normalized spacial score (nSPS) is 17.2. The lowest BCUT2D eigenvalue weighted by Crippen LogP contribution is -2.43. The van der Waals surface area contributed by atoms with Crippen molar-refractivity contribution in [3.63, 3.8) is 0 Å². The van der Waals surface area contributed by atoms with E-state index in [0.717, 1.165) is 12.0 Å². The predicted molar refractivity (Wildman–Crippen MR) is 111 cm³/mol. The molecule has 0 radical (unpaired) electrons. The minimum absolute atomic E-state index is 0.0599. The first-order chi connectivity index (χ1) is 15.0. The minimum atomic E-state index is -4.47. The van der Waals surface area contributed by atoms with Crippen molar-refractivity contribution in [3.8, 4) is 5.88 Å². The van der Waals surface area contributed by atoms with Gasteiger partial charge in [-0.3, -0.25) is 4.79 Å². The van der Waals surface area contributed by atoms with Crippen molar-refractivity contribution in [2.45, 2.75) is 30.8 Å². The van der Waals surface area contributed by atoms with E-state index in [-0.39, 0.29) is 34.7 Å². The molecule has 1 fully saturated rings. The first-order valence-corrected chi connectivity index (χ1v) is 11.5. The van der Waals surface area contributed by atoms with Gasteiger partial charge in [-0.15, -0.1) is 0 Å². The zero-order valence-electron chi connectivity index (χ0n) is 17.4. The summed E-state index contributed by atoms with van der Waals surface area (Å²) in [5.74, 6) is -0.595. The first-order valence-electron chi connectivity index (χ1n) is 10.0. The lowest BCUT2D eigenvalue weighted by Gasteiger charge is -2.32. The van der Waals surface area contributed by atoms with E-state index in [1.165, 1.54) is 18.3 Å². The van der Waals surface area contributed by atoms with Gasteiger partial charge in [0.1, 0.15) is 0 Å². The Kier molecular flexibility index (Phi) is 7.40. The predicted octanol–water partition coefficient (Wildman–Crippen LogP) is 3.16. The van der Waals surface area contributed by atoms with Crippen molar-refractivity contribution in [2.24, 2.45) is 5.92 Å². The van der Waals surface area contributed by atoms with E-state index >= 15 is 0 Å². The second-order valence-electron chi connectivity index (χ2n) is 7.71. The Morgan fingerprint density at radius 3 is 2.56 bits per heavy atom. The minimum Gasteiger partial charge on any atom is -0.468 e. The van der Waals surface area contributed by atoms with Crippen LogP contribution in [0.5, 0.6) is 5.88 Å². The van der Waals surface area contributed by atoms with Gasteiger partial charge in [-0.05, 0) is 43.9 Å². The zero-order chi connectivity index (χ0) is 23.4. The molecule has 1 aromatic heterocycles. The summed E-state index contributed by atoms with van der Waals surface area (Å²) in [6.07, 6.45) is -1.82. The number of ether oxygens (including phenoxy) is 1. The molecule has 1 aliphatic rings. The van der Waals surface area contributed by atoms with Crippen LogP contribution in [0.3, 0.4) is 0 Å². The van der Waals surface area contributed by atoms with E-state index < -0.39 is 22.8 Å². The maximum Gasteiger partial charge on any atom is 0.422 e. The zero-order valence-corrected chi connectivity index (χ0v) is 18.2. The Morgan fingerprint density at radius 2 is 1.94 bits per heavy atom. The van der Waals surface area contributed by atoms with Crippen molar-refractivity contribution in [2.75, 3.05) is 26.2 Å². The average molecular weight is 472 g/mol. The molecule has 0 bridgehead atoms. The Balaban J connectivity index is 1.56. The summed E-state index contributed by atoms with van der Waals surface area (Å²) in [6.45, 7) is 1.48. The molecule has 32 heavy (non-hydrogen) atoms. The van der Waals surface area contributed by atoms with E-state index in [4.69, 9.17) is 0 Å². The van der Waals surface area contributed by atoms with E-state index in [9.17, 15) is 26.4 Å². The van der Waals surface area contributed by atoms with Crippen LogP contribution in [0.4, 0.5) is 13.2 Å². The Labute approximate surface area is 184 Å². The van der Waals surface area contributed by atoms with E-state index in [1.54, 1.807) is 29.2 Å². The van der Waals surface area contributed by atoms with Crippen LogP contribution in [0, 0.1) is 12.8 Å². The van der Waals surface area contributed by atoms with Crippen molar-refractivity contribution in [1.29, 1.82) is 0 Å². The van der Waals surface area contributed by atoms with Gasteiger partial charge in [0.05, 0.1) is 10.5 Å². The highest BCUT2D eigenvalue weighted by molar-refractivity contribution is 7.89. The van der Waals surface area contributed by atoms with E-state index in [2.05, 4.69) is 14.4 Å². The molecule has 1 saturated heterocycles. The molecule has 0 aliphatic carbocycles. The molecular formula is C21H24F3N3O4S. The number of alkyl halides is 3. The van der Waals surface area contributed by atoms with Gasteiger partial charge in [0.25, 0.3) is 5.91 Å². The first kappa shape index (κ1) is 24.0. The van der Waals surface area contributed by atoms with Crippen LogP contribution in [-0.4, -0.2) is 56.6 Å². The highest BCUT2D eigenvalue weighted by Crippen LogP contribution is 2.21. The summed E-state index contributed by atoms with van der Waals surface area (Å²) in [5.41, 5.74) is 1.19. The number of benzene rings is 1. The van der Waals surface area contributed by atoms with Gasteiger partial charge in [0.15, 0.2) is 6.61 Å². The standard InChI is InChI=1S/C21H24F3N3O4S/c1-15-4-7-18(8-5-15)32(29,30)26-11-16-3-2-10-27(13-16)20(28)17-6-9-19(25-12-17)31-14-21(22,23)24/h4-9,12,16,26H,2-3,10-11,13-14H2,1H3. The molecule has 0 saturated carbocycles. The number of pyridine rings is 1. The van der Waals surface area contributed by atoms with Crippen molar-refractivity contribution < 1.29 is 31.1 Å². The highest BCUT2D eigenvalue weighted by Gasteiger charge is 2.29. The second-order valence-corrected chi connectivity index (χ2v) is 9.48. The van der Waals surface area contributed by atoms with Crippen molar-refractivity contribution in [3.05, 3.63) is 53.7 Å². The number of carbonyl (C=O) groups is 1. The molecule has 1 aromatic carbocycles. The van der Waals surface area contributed by atoms with E-state index in [0.29, 0.717) is 19.5 Å². The van der Waals surface area contributed by atoms with Gasteiger partial charge in [-0.2, -0.15) is 13.2 Å². The number of nitrogens with one attached hydrogen (secondary N) is 1. The molecule has 1 atom stereocenters. The number of likely N-dealkylation sites (tertiary alicyclic amines) is 1. The number of sulfonamides is 1. The quantitative estimate of drug-likeness (QED) is 0.670. The molecule has 7 nitrogen and oxygen atoms in total. The molecule has 0 spiro atoms. The molecule has 2 heterocycles. The van der Waals surface area contributed by atoms with Crippen LogP contribution in [0.2, 0.25) is 0 Å². The molecule has 1 aliphatic heterocycles. The van der Waals surface area contributed by atoms with Crippen molar-refractivity contribution >= 4 is 15.9 Å². The van der Waals surface area contributed by atoms with Gasteiger partial charge in [-0.25, -0.2) is 18.1 Å². The summed E-state index contributed by atoms with van der Waals surface area (Å²) in [7, 11) is -3.64. The SMILES string of the molecule is Cc1ccc(S(=O)(=O)NCC2CCCN(C(=O)c3ccc(OCC(F)(F)F)nc3)C2)cc1. The summed E-state index contributed by atoms with van der Waals surface area (Å²) in [5, 5.41) is 0. The summed E-state index contributed by atoms with van der Waals surface area (Å²) in [6, 6.07) is 9.12. The van der Waals surface area contributed by atoms with Crippen molar-refractivity contribution in [1.82, 2.24) is 14.6 Å². The van der Waals surface area contributed by atoms with Crippen LogP contribution in [0.15, 0.2) is 47.5 Å². The fourth-order valence-corrected chi connectivity index (χ4v) is 4.49. The van der Waals surface area contributed by atoms with Gasteiger partial charge < -0.3 is 9.64 Å². The number of amides is 1. The number of halogens is 3. The molecule has 11 heteroatoms. The Morgan fingerprint density at radius 1 is 1.22 bits per heavy atom.